The molecule has 42 heavy (non-hydrogen) atoms. The molecule has 1 amide bonds. The lowest BCUT2D eigenvalue weighted by atomic mass is 9.96. The number of aromatic nitrogens is 4. The number of hydrogen-bond acceptors (Lipinski definition) is 7. The van der Waals surface area contributed by atoms with Gasteiger partial charge in [-0.3, -0.25) is 4.40 Å². The van der Waals surface area contributed by atoms with Gasteiger partial charge in [0.15, 0.2) is 11.5 Å². The molecule has 2 atom stereocenters. The lowest BCUT2D eigenvalue weighted by Crippen LogP contribution is -2.36. The van der Waals surface area contributed by atoms with Gasteiger partial charge in [-0.2, -0.15) is 0 Å². The van der Waals surface area contributed by atoms with Gasteiger partial charge < -0.3 is 20.3 Å². The normalized spacial score (nSPS) is 16.6. The molecular weight excluding hydrogens is 526 g/mol. The minimum atomic E-state index is -0.566. The van der Waals surface area contributed by atoms with Crippen molar-refractivity contribution in [1.29, 1.82) is 0 Å². The molecule has 1 fully saturated rings. The van der Waals surface area contributed by atoms with Gasteiger partial charge >= 0.3 is 6.09 Å². The summed E-state index contributed by atoms with van der Waals surface area (Å²) in [7, 11) is 0. The number of carbonyl (C=O) groups excluding carboxylic acids is 1. The maximum Gasteiger partial charge on any atom is 0.407 e. The summed E-state index contributed by atoms with van der Waals surface area (Å²) in [6.07, 6.45) is 11.5. The number of hydrogen-bond donors (Lipinski definition) is 2. The molecule has 1 aromatic carbocycles. The Morgan fingerprint density at radius 1 is 1.07 bits per heavy atom. The molecule has 1 aliphatic heterocycles. The number of nitrogens with zero attached hydrogens (tertiary/aromatic N) is 5. The molecule has 9 heteroatoms. The van der Waals surface area contributed by atoms with E-state index in [-0.39, 0.29) is 6.04 Å². The summed E-state index contributed by atoms with van der Waals surface area (Å²) in [4.78, 5) is 29.3. The monoisotopic (exact) mass is 569 g/mol. The average molecular weight is 570 g/mol. The van der Waals surface area contributed by atoms with E-state index in [1.165, 1.54) is 32.1 Å². The topological polar surface area (TPSA) is 96.7 Å². The highest BCUT2D eigenvalue weighted by Gasteiger charge is 2.22. The molecular formula is C33H43N7O2. The summed E-state index contributed by atoms with van der Waals surface area (Å²) < 4.78 is 7.53. The summed E-state index contributed by atoms with van der Waals surface area (Å²) >= 11 is 0. The van der Waals surface area contributed by atoms with Crippen LogP contribution in [0.25, 0.3) is 17.0 Å². The number of imidazole rings is 1. The Morgan fingerprint density at radius 3 is 2.69 bits per heavy atom. The van der Waals surface area contributed by atoms with Crippen LogP contribution >= 0.6 is 0 Å². The molecule has 2 unspecified atom stereocenters. The van der Waals surface area contributed by atoms with Crippen molar-refractivity contribution in [2.75, 3.05) is 29.9 Å². The Hall–Kier alpha value is -4.14. The van der Waals surface area contributed by atoms with E-state index in [0.29, 0.717) is 12.4 Å². The largest absolute Gasteiger partial charge is 0.444 e. The first kappa shape index (κ1) is 29.4. The molecule has 0 saturated carbocycles. The van der Waals surface area contributed by atoms with Crippen molar-refractivity contribution < 1.29 is 9.53 Å². The number of amides is 1. The second-order valence-corrected chi connectivity index (χ2v) is 12.1. The molecule has 0 radical (unpaired) electrons. The van der Waals surface area contributed by atoms with Crippen molar-refractivity contribution in [3.05, 3.63) is 72.7 Å². The first-order valence-electron chi connectivity index (χ1n) is 15.1. The highest BCUT2D eigenvalue weighted by Crippen LogP contribution is 2.29. The molecule has 0 spiro atoms. The summed E-state index contributed by atoms with van der Waals surface area (Å²) in [6, 6.07) is 15.7. The first-order chi connectivity index (χ1) is 20.3. The SMILES string of the molecule is CCCC1CCCN(c2nccn3c(-c4cccc(NC(CNC(=O)OC(C)(C)C)c5ccccc5)n4)cnc23)CC1. The Labute approximate surface area is 248 Å². The van der Waals surface area contributed by atoms with Gasteiger partial charge in [0.25, 0.3) is 0 Å². The van der Waals surface area contributed by atoms with Crippen LogP contribution in [0.5, 0.6) is 0 Å². The van der Waals surface area contributed by atoms with Crippen LogP contribution in [0.1, 0.15) is 71.4 Å². The third-order valence-corrected chi connectivity index (χ3v) is 7.64. The van der Waals surface area contributed by atoms with Crippen molar-refractivity contribution >= 4 is 23.4 Å². The smallest absolute Gasteiger partial charge is 0.407 e. The van der Waals surface area contributed by atoms with E-state index in [9.17, 15) is 4.79 Å². The van der Waals surface area contributed by atoms with Crippen molar-refractivity contribution in [3.63, 3.8) is 0 Å². The Morgan fingerprint density at radius 2 is 1.90 bits per heavy atom. The van der Waals surface area contributed by atoms with Crippen LogP contribution in [-0.2, 0) is 4.74 Å². The number of pyridine rings is 1. The van der Waals surface area contributed by atoms with Gasteiger partial charge in [0.1, 0.15) is 11.4 Å². The summed E-state index contributed by atoms with van der Waals surface area (Å²) in [5, 5.41) is 6.42. The third kappa shape index (κ3) is 7.38. The number of fused-ring (bicyclic) bond motifs is 1. The number of rotatable bonds is 9. The Bertz CT molecular complexity index is 1460. The van der Waals surface area contributed by atoms with Crippen LogP contribution in [0.2, 0.25) is 0 Å². The predicted octanol–water partition coefficient (Wildman–Crippen LogP) is 6.88. The van der Waals surface area contributed by atoms with E-state index in [4.69, 9.17) is 19.7 Å². The van der Waals surface area contributed by atoms with Crippen LogP contribution < -0.4 is 15.5 Å². The zero-order valence-electron chi connectivity index (χ0n) is 25.2. The molecule has 3 aromatic heterocycles. The fourth-order valence-corrected chi connectivity index (χ4v) is 5.67. The number of alkyl carbamates (subject to hydrolysis) is 1. The average Bonchev–Trinajstić information content (AvgIpc) is 3.28. The standard InChI is InChI=1S/C33H43N7O2/c1-5-11-24-12-10-19-39(20-17-24)30-31-35-23-28(40(31)21-18-34-30)26-15-9-16-29(37-26)38-27(25-13-7-6-8-14-25)22-36-32(41)42-33(2,3)4/h6-9,13-16,18,21,23-24,27H,5,10-12,17,19-20,22H2,1-4H3,(H,36,41)(H,37,38). The number of nitrogens with one attached hydrogen (secondary N) is 2. The van der Waals surface area contributed by atoms with Crippen LogP contribution in [0.15, 0.2) is 67.1 Å². The first-order valence-corrected chi connectivity index (χ1v) is 15.1. The summed E-state index contributed by atoms with van der Waals surface area (Å²) in [5.74, 6) is 2.44. The van der Waals surface area contributed by atoms with Crippen molar-refractivity contribution in [3.8, 4) is 11.4 Å². The van der Waals surface area contributed by atoms with E-state index in [1.54, 1.807) is 0 Å². The van der Waals surface area contributed by atoms with Gasteiger partial charge in [-0.15, -0.1) is 0 Å². The number of anilines is 2. The highest BCUT2D eigenvalue weighted by molar-refractivity contribution is 5.71. The molecule has 4 aromatic rings. The zero-order chi connectivity index (χ0) is 29.5. The van der Waals surface area contributed by atoms with Crippen LogP contribution in [0, 0.1) is 5.92 Å². The second kappa shape index (κ2) is 13.2. The summed E-state index contributed by atoms with van der Waals surface area (Å²) in [5.41, 5.74) is 3.02. The number of benzene rings is 1. The molecule has 1 aliphatic rings. The quantitative estimate of drug-likeness (QED) is 0.227. The van der Waals surface area contributed by atoms with Gasteiger partial charge in [-0.05, 0) is 63.6 Å². The molecule has 0 bridgehead atoms. The fraction of sp³-hybridized carbons (Fsp3) is 0.455. The predicted molar refractivity (Wildman–Crippen MR) is 168 cm³/mol. The van der Waals surface area contributed by atoms with Gasteiger partial charge in [0.2, 0.25) is 0 Å². The lowest BCUT2D eigenvalue weighted by molar-refractivity contribution is 0.0525. The van der Waals surface area contributed by atoms with Crippen molar-refractivity contribution in [2.24, 2.45) is 5.92 Å². The second-order valence-electron chi connectivity index (χ2n) is 12.1. The molecule has 0 aliphatic carbocycles. The fourth-order valence-electron chi connectivity index (χ4n) is 5.67. The molecule has 2 N–H and O–H groups in total. The van der Waals surface area contributed by atoms with Gasteiger partial charge in [0.05, 0.1) is 23.6 Å². The highest BCUT2D eigenvalue weighted by atomic mass is 16.6. The molecule has 5 rings (SSSR count). The van der Waals surface area contributed by atoms with Crippen LogP contribution in [-0.4, -0.2) is 50.7 Å². The van der Waals surface area contributed by atoms with Crippen LogP contribution in [0.3, 0.4) is 0 Å². The summed E-state index contributed by atoms with van der Waals surface area (Å²) in [6.45, 7) is 10.2. The minimum absolute atomic E-state index is 0.209. The molecule has 222 valence electrons. The van der Waals surface area contributed by atoms with E-state index in [2.05, 4.69) is 26.9 Å². The number of ether oxygens (including phenoxy) is 1. The van der Waals surface area contributed by atoms with Crippen LogP contribution in [0.4, 0.5) is 16.4 Å². The molecule has 4 heterocycles. The lowest BCUT2D eigenvalue weighted by Gasteiger charge is -2.23. The third-order valence-electron chi connectivity index (χ3n) is 7.64. The maximum atomic E-state index is 12.4. The Balaban J connectivity index is 1.36. The minimum Gasteiger partial charge on any atom is -0.444 e. The van der Waals surface area contributed by atoms with Gasteiger partial charge in [-0.1, -0.05) is 56.2 Å². The van der Waals surface area contributed by atoms with Crippen molar-refractivity contribution in [2.45, 2.75) is 71.4 Å². The number of carbonyl (C=O) groups is 1. The zero-order valence-corrected chi connectivity index (χ0v) is 25.2. The van der Waals surface area contributed by atoms with E-state index in [0.717, 1.165) is 47.4 Å². The Kier molecular flexibility index (Phi) is 9.25. The van der Waals surface area contributed by atoms with E-state index < -0.39 is 11.7 Å². The van der Waals surface area contributed by atoms with E-state index >= 15 is 0 Å². The molecule has 9 nitrogen and oxygen atoms in total. The van der Waals surface area contributed by atoms with E-state index in [1.807, 2.05) is 87.9 Å². The maximum absolute atomic E-state index is 12.4. The van der Waals surface area contributed by atoms with Gasteiger partial charge in [-0.25, -0.2) is 19.7 Å². The van der Waals surface area contributed by atoms with Crippen molar-refractivity contribution in [1.82, 2.24) is 24.7 Å². The van der Waals surface area contributed by atoms with Gasteiger partial charge in [0, 0.05) is 32.0 Å². The molecule has 1 saturated heterocycles.